The second kappa shape index (κ2) is 10.3. The molecule has 1 heterocycles. The van der Waals surface area contributed by atoms with Crippen LogP contribution < -0.4 is 10.1 Å². The highest BCUT2D eigenvalue weighted by Crippen LogP contribution is 2.21. The highest BCUT2D eigenvalue weighted by atomic mass is 16.5. The Hall–Kier alpha value is -1.55. The molecule has 24 heavy (non-hydrogen) atoms. The van der Waals surface area contributed by atoms with E-state index in [0.29, 0.717) is 6.61 Å². The number of carbonyl (C=O) groups excluding carboxylic acids is 1. The number of unbranched alkanes of at least 4 members (excludes halogenated alkanes) is 2. The van der Waals surface area contributed by atoms with Crippen LogP contribution in [-0.2, 0) is 11.3 Å². The van der Waals surface area contributed by atoms with Crippen LogP contribution in [0.4, 0.5) is 0 Å². The van der Waals surface area contributed by atoms with E-state index in [1.807, 2.05) is 13.0 Å². The first-order valence-electron chi connectivity index (χ1n) is 9.44. The van der Waals surface area contributed by atoms with Crippen LogP contribution in [0.5, 0.6) is 5.75 Å². The van der Waals surface area contributed by atoms with Crippen molar-refractivity contribution in [1.82, 2.24) is 10.2 Å². The van der Waals surface area contributed by atoms with Gasteiger partial charge in [0.2, 0.25) is 5.91 Å². The summed E-state index contributed by atoms with van der Waals surface area (Å²) in [5.74, 6) is 1.39. The van der Waals surface area contributed by atoms with Gasteiger partial charge in [-0.3, -0.25) is 9.69 Å². The quantitative estimate of drug-likeness (QED) is 0.703. The summed E-state index contributed by atoms with van der Waals surface area (Å²) in [4.78, 5) is 14.6. The van der Waals surface area contributed by atoms with Gasteiger partial charge in [-0.1, -0.05) is 31.9 Å². The van der Waals surface area contributed by atoms with E-state index in [1.54, 1.807) is 0 Å². The van der Waals surface area contributed by atoms with E-state index < -0.39 is 0 Å². The zero-order valence-electron chi connectivity index (χ0n) is 15.2. The Balaban J connectivity index is 1.72. The summed E-state index contributed by atoms with van der Waals surface area (Å²) in [6.45, 7) is 8.63. The Morgan fingerprint density at radius 3 is 2.75 bits per heavy atom. The van der Waals surface area contributed by atoms with E-state index in [1.165, 1.54) is 18.4 Å². The topological polar surface area (TPSA) is 41.6 Å². The van der Waals surface area contributed by atoms with Gasteiger partial charge in [-0.15, -0.1) is 0 Å². The average Bonchev–Trinajstić information content (AvgIpc) is 2.60. The number of nitrogens with zero attached hydrogens (tertiary/aromatic N) is 1. The maximum Gasteiger partial charge on any atom is 0.223 e. The van der Waals surface area contributed by atoms with Crippen LogP contribution in [0.2, 0.25) is 0 Å². The Kier molecular flexibility index (Phi) is 8.10. The Labute approximate surface area is 146 Å². The molecule has 1 saturated heterocycles. The number of carbonyl (C=O) groups is 1. The lowest BCUT2D eigenvalue weighted by atomic mass is 9.95. The van der Waals surface area contributed by atoms with Crippen molar-refractivity contribution < 1.29 is 9.53 Å². The molecule has 2 rings (SSSR count). The lowest BCUT2D eigenvalue weighted by molar-refractivity contribution is -0.126. The molecule has 4 heteroatoms. The van der Waals surface area contributed by atoms with E-state index >= 15 is 0 Å². The van der Waals surface area contributed by atoms with Gasteiger partial charge in [0.25, 0.3) is 0 Å². The van der Waals surface area contributed by atoms with Crippen LogP contribution in [0.15, 0.2) is 24.3 Å². The minimum absolute atomic E-state index is 0.192. The Bertz CT molecular complexity index is 496. The molecule has 1 aliphatic rings. The summed E-state index contributed by atoms with van der Waals surface area (Å²) >= 11 is 0. The molecule has 0 aromatic heterocycles. The molecule has 1 N–H and O–H groups in total. The third-order valence-electron chi connectivity index (χ3n) is 4.65. The molecule has 134 valence electrons. The zero-order chi connectivity index (χ0) is 17.2. The molecule has 1 fully saturated rings. The fraction of sp³-hybridized carbons (Fsp3) is 0.650. The van der Waals surface area contributed by atoms with E-state index in [0.717, 1.165) is 51.2 Å². The number of hydrogen-bond acceptors (Lipinski definition) is 3. The summed E-state index contributed by atoms with van der Waals surface area (Å²) in [6, 6.07) is 8.32. The Morgan fingerprint density at radius 1 is 1.25 bits per heavy atom. The molecule has 0 unspecified atom stereocenters. The fourth-order valence-electron chi connectivity index (χ4n) is 3.24. The minimum Gasteiger partial charge on any atom is -0.494 e. The smallest absolute Gasteiger partial charge is 0.223 e. The van der Waals surface area contributed by atoms with Gasteiger partial charge in [0, 0.05) is 19.0 Å². The van der Waals surface area contributed by atoms with Crippen LogP contribution in [0.1, 0.15) is 51.5 Å². The number of piperidine rings is 1. The minimum atomic E-state index is 0.192. The molecule has 0 radical (unpaired) electrons. The number of rotatable bonds is 9. The third kappa shape index (κ3) is 6.16. The molecule has 0 spiro atoms. The zero-order valence-corrected chi connectivity index (χ0v) is 15.2. The molecule has 4 nitrogen and oxygen atoms in total. The third-order valence-corrected chi connectivity index (χ3v) is 4.65. The highest BCUT2D eigenvalue weighted by molar-refractivity contribution is 5.78. The second-order valence-corrected chi connectivity index (χ2v) is 6.63. The van der Waals surface area contributed by atoms with E-state index in [-0.39, 0.29) is 11.8 Å². The molecule has 0 bridgehead atoms. The van der Waals surface area contributed by atoms with Crippen molar-refractivity contribution in [3.05, 3.63) is 29.8 Å². The normalized spacial score (nSPS) is 16.1. The molecular weight excluding hydrogens is 300 g/mol. The summed E-state index contributed by atoms with van der Waals surface area (Å²) < 4.78 is 5.57. The predicted molar refractivity (Wildman–Crippen MR) is 98.1 cm³/mol. The van der Waals surface area contributed by atoms with Gasteiger partial charge in [-0.2, -0.15) is 0 Å². The lowest BCUT2D eigenvalue weighted by Crippen LogP contribution is -2.40. The summed E-state index contributed by atoms with van der Waals surface area (Å²) in [5, 5.41) is 3.10. The van der Waals surface area contributed by atoms with Gasteiger partial charge in [0.05, 0.1) is 6.61 Å². The summed E-state index contributed by atoms with van der Waals surface area (Å²) in [7, 11) is 0. The predicted octanol–water partition coefficient (Wildman–Crippen LogP) is 3.60. The van der Waals surface area contributed by atoms with Gasteiger partial charge >= 0.3 is 0 Å². The first kappa shape index (κ1) is 18.8. The van der Waals surface area contributed by atoms with Gasteiger partial charge < -0.3 is 10.1 Å². The fourth-order valence-corrected chi connectivity index (χ4v) is 3.24. The maximum atomic E-state index is 12.2. The van der Waals surface area contributed by atoms with Gasteiger partial charge in [0.15, 0.2) is 0 Å². The van der Waals surface area contributed by atoms with Crippen molar-refractivity contribution >= 4 is 5.91 Å². The molecule has 1 amide bonds. The van der Waals surface area contributed by atoms with Crippen LogP contribution in [-0.4, -0.2) is 37.0 Å². The lowest BCUT2D eigenvalue weighted by Gasteiger charge is -2.31. The van der Waals surface area contributed by atoms with Gasteiger partial charge in [-0.05, 0) is 57.0 Å². The van der Waals surface area contributed by atoms with Crippen LogP contribution in [0, 0.1) is 5.92 Å². The standard InChI is InChI=1S/C20H32N2O2/c1-3-5-6-12-21-20(23)18-10-13-22(14-11-18)16-17-8-7-9-19(15-17)24-4-2/h7-9,15,18H,3-6,10-14,16H2,1-2H3,(H,21,23). The van der Waals surface area contributed by atoms with E-state index in [4.69, 9.17) is 4.74 Å². The number of benzene rings is 1. The first-order valence-corrected chi connectivity index (χ1v) is 9.44. The molecule has 0 atom stereocenters. The van der Waals surface area contributed by atoms with Gasteiger partial charge in [0.1, 0.15) is 5.75 Å². The number of likely N-dealkylation sites (tertiary alicyclic amines) is 1. The van der Waals surface area contributed by atoms with Crippen molar-refractivity contribution in [2.75, 3.05) is 26.2 Å². The van der Waals surface area contributed by atoms with Crippen LogP contribution in [0.25, 0.3) is 0 Å². The SMILES string of the molecule is CCCCCNC(=O)C1CCN(Cc2cccc(OCC)c2)CC1. The summed E-state index contributed by atoms with van der Waals surface area (Å²) in [6.07, 6.45) is 5.41. The largest absolute Gasteiger partial charge is 0.494 e. The molecule has 0 aliphatic carbocycles. The van der Waals surface area contributed by atoms with E-state index in [9.17, 15) is 4.79 Å². The Morgan fingerprint density at radius 2 is 2.04 bits per heavy atom. The van der Waals surface area contributed by atoms with Crippen molar-refractivity contribution in [1.29, 1.82) is 0 Å². The number of ether oxygens (including phenoxy) is 1. The van der Waals surface area contributed by atoms with Crippen LogP contribution >= 0.6 is 0 Å². The average molecular weight is 332 g/mol. The van der Waals surface area contributed by atoms with Gasteiger partial charge in [-0.25, -0.2) is 0 Å². The summed E-state index contributed by atoms with van der Waals surface area (Å²) in [5.41, 5.74) is 1.28. The molecule has 1 aliphatic heterocycles. The van der Waals surface area contributed by atoms with Crippen molar-refractivity contribution in [2.24, 2.45) is 5.92 Å². The number of amides is 1. The molecule has 1 aromatic carbocycles. The molecule has 0 saturated carbocycles. The molecule has 1 aromatic rings. The number of nitrogens with one attached hydrogen (secondary N) is 1. The van der Waals surface area contributed by atoms with Crippen molar-refractivity contribution in [3.63, 3.8) is 0 Å². The first-order chi connectivity index (χ1) is 11.7. The van der Waals surface area contributed by atoms with Crippen molar-refractivity contribution in [3.8, 4) is 5.75 Å². The van der Waals surface area contributed by atoms with Crippen molar-refractivity contribution in [2.45, 2.75) is 52.5 Å². The highest BCUT2D eigenvalue weighted by Gasteiger charge is 2.24. The maximum absolute atomic E-state index is 12.2. The monoisotopic (exact) mass is 332 g/mol. The van der Waals surface area contributed by atoms with E-state index in [2.05, 4.69) is 35.3 Å². The van der Waals surface area contributed by atoms with Crippen LogP contribution in [0.3, 0.4) is 0 Å². The number of hydrogen-bond donors (Lipinski definition) is 1. The second-order valence-electron chi connectivity index (χ2n) is 6.63. The molecular formula is C20H32N2O2.